The second kappa shape index (κ2) is 10.3. The van der Waals surface area contributed by atoms with E-state index in [1.807, 2.05) is 0 Å². The van der Waals surface area contributed by atoms with E-state index < -0.39 is 38.7 Å². The summed E-state index contributed by atoms with van der Waals surface area (Å²) in [6, 6.07) is 15.1. The van der Waals surface area contributed by atoms with Crippen molar-refractivity contribution in [2.24, 2.45) is 5.18 Å². The predicted molar refractivity (Wildman–Crippen MR) is 132 cm³/mol. The van der Waals surface area contributed by atoms with Crippen molar-refractivity contribution in [1.82, 2.24) is 0 Å². The van der Waals surface area contributed by atoms with E-state index in [2.05, 4.69) is 5.18 Å². The molecule has 0 fully saturated rings. The summed E-state index contributed by atoms with van der Waals surface area (Å²) in [5, 5.41) is 2.75. The molecule has 1 atom stereocenters. The highest BCUT2D eigenvalue weighted by atomic mass is 35.5. The van der Waals surface area contributed by atoms with Crippen LogP contribution in [0.25, 0.3) is 11.1 Å². The molecule has 3 aromatic carbocycles. The fourth-order valence-electron chi connectivity index (χ4n) is 3.77. The summed E-state index contributed by atoms with van der Waals surface area (Å²) >= 11 is 6.09. The molecule has 4 rings (SSSR count). The fraction of sp³-hybridized carbons (Fsp3) is 0.160. The van der Waals surface area contributed by atoms with Crippen LogP contribution in [0.1, 0.15) is 12.0 Å². The second-order valence-corrected chi connectivity index (χ2v) is 10.3. The molecule has 3 aromatic rings. The van der Waals surface area contributed by atoms with Crippen molar-refractivity contribution in [2.45, 2.75) is 23.6 Å². The van der Waals surface area contributed by atoms with Crippen LogP contribution in [0, 0.1) is 4.91 Å². The van der Waals surface area contributed by atoms with Gasteiger partial charge in [0.25, 0.3) is 15.9 Å². The third-order valence-corrected chi connectivity index (χ3v) is 7.51. The molecule has 37 heavy (non-hydrogen) atoms. The maximum atomic E-state index is 13.7. The summed E-state index contributed by atoms with van der Waals surface area (Å²) < 4.78 is 74.1. The van der Waals surface area contributed by atoms with Crippen LogP contribution in [-0.2, 0) is 21.0 Å². The number of carbonyl (C=O) groups is 1. The van der Waals surface area contributed by atoms with Gasteiger partial charge in [0.1, 0.15) is 11.9 Å². The molecule has 0 radical (unpaired) electrons. The standard InChI is InChI=1S/C25H18ClF3N2O5S/c26-19-6-1-4-16(12-19)17-10-11-23-22(13-17)31(15-20(36-23)7-3-9-24(32)30-33)37(34,35)21-8-2-5-18(14-21)25(27,28)29/h1-8,10-14,20H,9,15H2/b7-3+. The van der Waals surface area contributed by atoms with Crippen LogP contribution >= 0.6 is 11.6 Å². The van der Waals surface area contributed by atoms with E-state index in [-0.39, 0.29) is 24.4 Å². The Bertz CT molecular complexity index is 1490. The molecule has 1 unspecified atom stereocenters. The van der Waals surface area contributed by atoms with E-state index in [1.54, 1.807) is 42.5 Å². The number of nitrogens with zero attached hydrogens (tertiary/aromatic N) is 2. The molecule has 1 amide bonds. The largest absolute Gasteiger partial charge is 0.482 e. The molecular weight excluding hydrogens is 533 g/mol. The number of rotatable bonds is 6. The van der Waals surface area contributed by atoms with Crippen LogP contribution in [0.3, 0.4) is 0 Å². The Morgan fingerprint density at radius 3 is 2.51 bits per heavy atom. The monoisotopic (exact) mass is 550 g/mol. The molecule has 1 aliphatic heterocycles. The first kappa shape index (κ1) is 26.4. The zero-order valence-electron chi connectivity index (χ0n) is 18.9. The smallest absolute Gasteiger partial charge is 0.416 e. The van der Waals surface area contributed by atoms with Crippen molar-refractivity contribution in [1.29, 1.82) is 0 Å². The lowest BCUT2D eigenvalue weighted by atomic mass is 10.0. The summed E-state index contributed by atoms with van der Waals surface area (Å²) in [7, 11) is -4.49. The summed E-state index contributed by atoms with van der Waals surface area (Å²) in [6.07, 6.45) is -3.24. The minimum Gasteiger partial charge on any atom is -0.482 e. The number of nitroso groups, excluding NO2 is 1. The predicted octanol–water partition coefficient (Wildman–Crippen LogP) is 6.22. The zero-order chi connectivity index (χ0) is 26.8. The number of sulfonamides is 1. The number of fused-ring (bicyclic) bond motifs is 1. The van der Waals surface area contributed by atoms with E-state index in [0.29, 0.717) is 22.2 Å². The van der Waals surface area contributed by atoms with Crippen molar-refractivity contribution in [3.05, 3.63) is 94.4 Å². The minimum atomic E-state index is -4.74. The van der Waals surface area contributed by atoms with Gasteiger partial charge in [-0.25, -0.2) is 8.42 Å². The molecule has 7 nitrogen and oxygen atoms in total. The first-order valence-corrected chi connectivity index (χ1v) is 12.6. The Kier molecular flexibility index (Phi) is 7.37. The third kappa shape index (κ3) is 5.83. The number of carbonyl (C=O) groups excluding carboxylic acids is 1. The molecule has 0 saturated carbocycles. The molecule has 0 spiro atoms. The molecular formula is C25H18ClF3N2O5S. The normalized spacial score (nSPS) is 15.8. The minimum absolute atomic E-state index is 0.116. The maximum Gasteiger partial charge on any atom is 0.416 e. The lowest BCUT2D eigenvalue weighted by molar-refractivity contribution is -0.137. The van der Waals surface area contributed by atoms with Crippen molar-refractivity contribution in [3.8, 4) is 16.9 Å². The molecule has 1 heterocycles. The Hall–Kier alpha value is -3.70. The van der Waals surface area contributed by atoms with E-state index >= 15 is 0 Å². The van der Waals surface area contributed by atoms with Crippen LogP contribution < -0.4 is 9.04 Å². The van der Waals surface area contributed by atoms with Gasteiger partial charge in [-0.3, -0.25) is 9.10 Å². The van der Waals surface area contributed by atoms with Gasteiger partial charge in [0.15, 0.2) is 0 Å². The molecule has 0 N–H and O–H groups in total. The Balaban J connectivity index is 1.80. The van der Waals surface area contributed by atoms with Gasteiger partial charge in [0.2, 0.25) is 0 Å². The second-order valence-electron chi connectivity index (χ2n) is 8.03. The van der Waals surface area contributed by atoms with Gasteiger partial charge in [0, 0.05) is 10.2 Å². The van der Waals surface area contributed by atoms with Gasteiger partial charge in [-0.05, 0) is 59.7 Å². The van der Waals surface area contributed by atoms with E-state index in [1.165, 1.54) is 12.2 Å². The highest BCUT2D eigenvalue weighted by Crippen LogP contribution is 2.41. The molecule has 0 aliphatic carbocycles. The number of halogens is 4. The average molecular weight is 551 g/mol. The van der Waals surface area contributed by atoms with Crippen LogP contribution in [0.4, 0.5) is 18.9 Å². The van der Waals surface area contributed by atoms with Crippen molar-refractivity contribution < 1.29 is 31.1 Å². The zero-order valence-corrected chi connectivity index (χ0v) is 20.4. The third-order valence-electron chi connectivity index (χ3n) is 5.50. The molecule has 0 bridgehead atoms. The van der Waals surface area contributed by atoms with Gasteiger partial charge in [-0.15, -0.1) is 4.91 Å². The number of hydrogen-bond acceptors (Lipinski definition) is 5. The molecule has 12 heteroatoms. The van der Waals surface area contributed by atoms with Gasteiger partial charge < -0.3 is 4.74 Å². The fourth-order valence-corrected chi connectivity index (χ4v) is 5.48. The van der Waals surface area contributed by atoms with Gasteiger partial charge >= 0.3 is 6.18 Å². The lowest BCUT2D eigenvalue weighted by Crippen LogP contribution is -2.42. The summed E-state index contributed by atoms with van der Waals surface area (Å²) in [5.41, 5.74) is 0.301. The topological polar surface area (TPSA) is 93.1 Å². The highest BCUT2D eigenvalue weighted by Gasteiger charge is 2.36. The number of anilines is 1. The first-order chi connectivity index (χ1) is 17.5. The number of alkyl halides is 3. The number of benzene rings is 3. The first-order valence-electron chi connectivity index (χ1n) is 10.8. The van der Waals surface area contributed by atoms with Crippen LogP contribution in [-0.4, -0.2) is 27.0 Å². The van der Waals surface area contributed by atoms with Crippen LogP contribution in [0.2, 0.25) is 5.02 Å². The summed E-state index contributed by atoms with van der Waals surface area (Å²) in [6.45, 7) is -0.302. The summed E-state index contributed by atoms with van der Waals surface area (Å²) in [5.74, 6) is -0.769. The van der Waals surface area contributed by atoms with Crippen molar-refractivity contribution in [3.63, 3.8) is 0 Å². The molecule has 1 aliphatic rings. The van der Waals surface area contributed by atoms with Crippen molar-refractivity contribution in [2.75, 3.05) is 10.8 Å². The van der Waals surface area contributed by atoms with Crippen molar-refractivity contribution >= 4 is 33.2 Å². The molecule has 192 valence electrons. The van der Waals surface area contributed by atoms with Gasteiger partial charge in [0.05, 0.1) is 29.1 Å². The van der Waals surface area contributed by atoms with E-state index in [0.717, 1.165) is 22.5 Å². The summed E-state index contributed by atoms with van der Waals surface area (Å²) in [4.78, 5) is 21.0. The number of hydrogen-bond donors (Lipinski definition) is 0. The number of ether oxygens (including phenoxy) is 1. The SMILES string of the molecule is O=NC(=O)C/C=C/C1CN(S(=O)(=O)c2cccc(C(F)(F)F)c2)c2cc(-c3cccc(Cl)c3)ccc2O1. The lowest BCUT2D eigenvalue weighted by Gasteiger charge is -2.35. The Labute approximate surface area is 215 Å². The number of amides is 1. The quantitative estimate of drug-likeness (QED) is 0.268. The van der Waals surface area contributed by atoms with Gasteiger partial charge in [-0.2, -0.15) is 13.2 Å². The van der Waals surface area contributed by atoms with E-state index in [9.17, 15) is 31.3 Å². The Morgan fingerprint density at radius 1 is 1.08 bits per heavy atom. The average Bonchev–Trinajstić information content (AvgIpc) is 2.87. The Morgan fingerprint density at radius 2 is 1.81 bits per heavy atom. The van der Waals surface area contributed by atoms with Crippen LogP contribution in [0.15, 0.2) is 89.0 Å². The van der Waals surface area contributed by atoms with Crippen LogP contribution in [0.5, 0.6) is 5.75 Å². The maximum absolute atomic E-state index is 13.7. The molecule has 0 aromatic heterocycles. The molecule has 0 saturated heterocycles. The van der Waals surface area contributed by atoms with Gasteiger partial charge in [-0.1, -0.05) is 41.9 Å². The van der Waals surface area contributed by atoms with E-state index in [4.69, 9.17) is 16.3 Å². The highest BCUT2D eigenvalue weighted by molar-refractivity contribution is 7.92.